The van der Waals surface area contributed by atoms with Gasteiger partial charge in [-0.15, -0.1) is 11.8 Å². The Morgan fingerprint density at radius 1 is 1.25 bits per heavy atom. The Hall–Kier alpha value is 0.310. The number of rotatable bonds is 0. The first-order chi connectivity index (χ1) is 4.00. The number of thioether (sulfide) groups is 1. The lowest BCUT2D eigenvalue weighted by Crippen LogP contribution is -1.95. The summed E-state index contributed by atoms with van der Waals surface area (Å²) in [7, 11) is 0. The van der Waals surface area contributed by atoms with Crippen molar-refractivity contribution in [3.05, 3.63) is 5.94 Å². The van der Waals surface area contributed by atoms with Crippen molar-refractivity contribution in [3.8, 4) is 0 Å². The zero-order chi connectivity index (χ0) is 5.66. The summed E-state index contributed by atoms with van der Waals surface area (Å²) in [6.45, 7) is 0.924. The SMILES string of the molecule is [CH]1OCCCCCS1. The largest absolute Gasteiger partial charge is 0.364 e. The molecule has 8 heavy (non-hydrogen) atoms. The second kappa shape index (κ2) is 4.21. The van der Waals surface area contributed by atoms with Gasteiger partial charge >= 0.3 is 0 Å². The zero-order valence-electron chi connectivity index (χ0n) is 4.93. The minimum atomic E-state index is 0.924. The Bertz CT molecular complexity index is 32.5. The smallest absolute Gasteiger partial charge is 0.138 e. The quantitative estimate of drug-likeness (QED) is 0.497. The van der Waals surface area contributed by atoms with E-state index in [1.54, 1.807) is 11.8 Å². The lowest BCUT2D eigenvalue weighted by atomic mass is 10.3. The Morgan fingerprint density at radius 2 is 2.25 bits per heavy atom. The van der Waals surface area contributed by atoms with Crippen LogP contribution in [-0.4, -0.2) is 12.4 Å². The molecule has 0 aliphatic carbocycles. The van der Waals surface area contributed by atoms with Crippen LogP contribution in [0.5, 0.6) is 0 Å². The molecule has 1 radical (unpaired) electrons. The van der Waals surface area contributed by atoms with Gasteiger partial charge in [0.15, 0.2) is 0 Å². The lowest BCUT2D eigenvalue weighted by molar-refractivity contribution is 0.221. The molecule has 0 aromatic heterocycles. The molecule has 1 saturated heterocycles. The van der Waals surface area contributed by atoms with Crippen molar-refractivity contribution >= 4 is 11.8 Å². The average molecular weight is 131 g/mol. The van der Waals surface area contributed by atoms with Crippen molar-refractivity contribution in [1.82, 2.24) is 0 Å². The third kappa shape index (κ3) is 2.58. The predicted octanol–water partition coefficient (Wildman–Crippen LogP) is 2.04. The molecule has 1 heterocycles. The molecule has 1 nitrogen and oxygen atoms in total. The molecule has 0 aromatic carbocycles. The molecule has 0 amide bonds. The van der Waals surface area contributed by atoms with Gasteiger partial charge < -0.3 is 4.74 Å². The molecule has 1 fully saturated rings. The molecule has 1 rings (SSSR count). The third-order valence-electron chi connectivity index (χ3n) is 1.16. The minimum absolute atomic E-state index is 0.924. The topological polar surface area (TPSA) is 9.23 Å². The van der Waals surface area contributed by atoms with E-state index in [9.17, 15) is 0 Å². The minimum Gasteiger partial charge on any atom is -0.364 e. The molecular formula is C6H11OS. The van der Waals surface area contributed by atoms with Gasteiger partial charge in [0.05, 0.1) is 0 Å². The Kier molecular flexibility index (Phi) is 3.39. The van der Waals surface area contributed by atoms with Crippen molar-refractivity contribution in [1.29, 1.82) is 0 Å². The average Bonchev–Trinajstić information content (AvgIpc) is 1.62. The van der Waals surface area contributed by atoms with Crippen molar-refractivity contribution in [3.63, 3.8) is 0 Å². The molecule has 0 N–H and O–H groups in total. The van der Waals surface area contributed by atoms with E-state index in [-0.39, 0.29) is 0 Å². The Balaban J connectivity index is 2.00. The van der Waals surface area contributed by atoms with Crippen LogP contribution in [0.15, 0.2) is 0 Å². The van der Waals surface area contributed by atoms with E-state index in [1.165, 1.54) is 25.0 Å². The molecule has 1 aliphatic heterocycles. The van der Waals surface area contributed by atoms with Gasteiger partial charge in [-0.1, -0.05) is 6.42 Å². The molecule has 47 valence electrons. The van der Waals surface area contributed by atoms with E-state index in [0.29, 0.717) is 0 Å². The van der Waals surface area contributed by atoms with Crippen LogP contribution in [0.3, 0.4) is 0 Å². The van der Waals surface area contributed by atoms with Gasteiger partial charge in [0.2, 0.25) is 0 Å². The van der Waals surface area contributed by atoms with Crippen LogP contribution in [0.25, 0.3) is 0 Å². The van der Waals surface area contributed by atoms with Crippen molar-refractivity contribution in [2.75, 3.05) is 12.4 Å². The van der Waals surface area contributed by atoms with Gasteiger partial charge in [0, 0.05) is 6.61 Å². The van der Waals surface area contributed by atoms with E-state index in [0.717, 1.165) is 6.61 Å². The first-order valence-electron chi connectivity index (χ1n) is 3.05. The summed E-state index contributed by atoms with van der Waals surface area (Å²) in [6, 6.07) is 0. The van der Waals surface area contributed by atoms with Gasteiger partial charge in [-0.25, -0.2) is 0 Å². The van der Waals surface area contributed by atoms with E-state index in [4.69, 9.17) is 4.74 Å². The summed E-state index contributed by atoms with van der Waals surface area (Å²) in [6.07, 6.45) is 3.92. The van der Waals surface area contributed by atoms with E-state index in [1.807, 2.05) is 5.94 Å². The van der Waals surface area contributed by atoms with Crippen LogP contribution in [0.1, 0.15) is 19.3 Å². The first kappa shape index (κ1) is 6.43. The molecule has 0 spiro atoms. The van der Waals surface area contributed by atoms with E-state index >= 15 is 0 Å². The van der Waals surface area contributed by atoms with Crippen molar-refractivity contribution < 1.29 is 4.74 Å². The molecule has 1 aliphatic rings. The summed E-state index contributed by atoms with van der Waals surface area (Å²) in [5.41, 5.74) is 0. The molecule has 2 heteroatoms. The van der Waals surface area contributed by atoms with Crippen LogP contribution in [0.2, 0.25) is 0 Å². The third-order valence-corrected chi connectivity index (χ3v) is 1.96. The molecule has 0 bridgehead atoms. The summed E-state index contributed by atoms with van der Waals surface area (Å²) in [5, 5.41) is 0. The molecule has 0 aromatic rings. The van der Waals surface area contributed by atoms with Crippen molar-refractivity contribution in [2.45, 2.75) is 19.3 Å². The lowest BCUT2D eigenvalue weighted by Gasteiger charge is -2.06. The normalized spacial score (nSPS) is 24.0. The highest BCUT2D eigenvalue weighted by Crippen LogP contribution is 2.13. The van der Waals surface area contributed by atoms with Gasteiger partial charge in [0.25, 0.3) is 0 Å². The zero-order valence-corrected chi connectivity index (χ0v) is 5.75. The van der Waals surface area contributed by atoms with Gasteiger partial charge in [-0.3, -0.25) is 0 Å². The fraction of sp³-hybridized carbons (Fsp3) is 0.833. The number of ether oxygens (including phenoxy) is 1. The maximum atomic E-state index is 5.11. The maximum Gasteiger partial charge on any atom is 0.138 e. The predicted molar refractivity (Wildman–Crippen MR) is 36.6 cm³/mol. The Morgan fingerprint density at radius 3 is 3.25 bits per heavy atom. The first-order valence-corrected chi connectivity index (χ1v) is 4.10. The van der Waals surface area contributed by atoms with Crippen LogP contribution in [0, 0.1) is 5.94 Å². The standard InChI is InChI=1S/C6H11OS/c1-2-4-7-6-8-5-3-1/h6H,1-5H2. The second-order valence-corrected chi connectivity index (χ2v) is 2.83. The highest BCUT2D eigenvalue weighted by Gasteiger charge is 1.96. The fourth-order valence-corrected chi connectivity index (χ4v) is 1.35. The monoisotopic (exact) mass is 131 g/mol. The molecule has 0 unspecified atom stereocenters. The van der Waals surface area contributed by atoms with Gasteiger partial charge in [0.1, 0.15) is 5.94 Å². The van der Waals surface area contributed by atoms with E-state index < -0.39 is 0 Å². The highest BCUT2D eigenvalue weighted by molar-refractivity contribution is 8.01. The fourth-order valence-electron chi connectivity index (χ4n) is 0.692. The maximum absolute atomic E-state index is 5.11. The number of hydrogen-bond donors (Lipinski definition) is 0. The van der Waals surface area contributed by atoms with Crippen LogP contribution in [-0.2, 0) is 4.74 Å². The molecular weight excluding hydrogens is 120 g/mol. The molecule has 0 saturated carbocycles. The Labute approximate surface area is 54.8 Å². The van der Waals surface area contributed by atoms with Crippen LogP contribution < -0.4 is 0 Å². The van der Waals surface area contributed by atoms with Gasteiger partial charge in [-0.2, -0.15) is 0 Å². The molecule has 0 atom stereocenters. The van der Waals surface area contributed by atoms with Crippen LogP contribution >= 0.6 is 11.8 Å². The highest BCUT2D eigenvalue weighted by atomic mass is 32.2. The number of hydrogen-bond acceptors (Lipinski definition) is 2. The van der Waals surface area contributed by atoms with Crippen molar-refractivity contribution in [2.24, 2.45) is 0 Å². The second-order valence-electron chi connectivity index (χ2n) is 1.90. The summed E-state index contributed by atoms with van der Waals surface area (Å²) < 4.78 is 5.11. The summed E-state index contributed by atoms with van der Waals surface area (Å²) in [4.78, 5) is 0. The summed E-state index contributed by atoms with van der Waals surface area (Å²) in [5.74, 6) is 3.10. The van der Waals surface area contributed by atoms with Crippen LogP contribution in [0.4, 0.5) is 0 Å². The van der Waals surface area contributed by atoms with Gasteiger partial charge in [-0.05, 0) is 18.6 Å². The van der Waals surface area contributed by atoms with E-state index in [2.05, 4.69) is 0 Å². The summed E-state index contributed by atoms with van der Waals surface area (Å²) >= 11 is 1.78.